The number of ether oxygens (including phenoxy) is 1. The summed E-state index contributed by atoms with van der Waals surface area (Å²) in [6, 6.07) is 21.2. The summed E-state index contributed by atoms with van der Waals surface area (Å²) >= 11 is 0. The van der Waals surface area contributed by atoms with Crippen molar-refractivity contribution in [1.82, 2.24) is 0 Å². The summed E-state index contributed by atoms with van der Waals surface area (Å²) in [5.41, 5.74) is 1.92. The summed E-state index contributed by atoms with van der Waals surface area (Å²) in [6.45, 7) is 7.80. The summed E-state index contributed by atoms with van der Waals surface area (Å²) in [4.78, 5) is 13.8. The van der Waals surface area contributed by atoms with E-state index in [2.05, 4.69) is 0 Å². The lowest BCUT2D eigenvalue weighted by molar-refractivity contribution is -0.116. The van der Waals surface area contributed by atoms with Crippen molar-refractivity contribution in [1.29, 1.82) is 0 Å². The smallest absolute Gasteiger partial charge is 0.298 e. The molecular weight excluding hydrogens is 438 g/mol. The van der Waals surface area contributed by atoms with Crippen LogP contribution in [0.25, 0.3) is 0 Å². The second-order valence-electron chi connectivity index (χ2n) is 8.53. The van der Waals surface area contributed by atoms with E-state index in [1.165, 1.54) is 13.0 Å². The lowest BCUT2D eigenvalue weighted by Gasteiger charge is -2.26. The zero-order valence-corrected chi connectivity index (χ0v) is 20.1. The van der Waals surface area contributed by atoms with Crippen LogP contribution in [0.2, 0.25) is 0 Å². The largest absolute Gasteiger partial charge is 0.454 e. The Balaban J connectivity index is 2.05. The highest BCUT2D eigenvalue weighted by atomic mass is 32.2. The maximum Gasteiger partial charge on any atom is 0.298 e. The van der Waals surface area contributed by atoms with Gasteiger partial charge in [0.1, 0.15) is 10.6 Å². The lowest BCUT2D eigenvalue weighted by atomic mass is 9.82. The molecule has 3 aromatic carbocycles. The number of para-hydroxylation sites is 2. The molecule has 0 aliphatic carbocycles. The first-order valence-corrected chi connectivity index (χ1v) is 12.2. The Hall–Kier alpha value is -3.16. The van der Waals surface area contributed by atoms with E-state index in [1.807, 2.05) is 51.1 Å². The lowest BCUT2D eigenvalue weighted by Crippen LogP contribution is -2.28. The minimum absolute atomic E-state index is 0.0104. The second-order valence-corrected chi connectivity index (χ2v) is 9.92. The first kappa shape index (κ1) is 24.5. The minimum Gasteiger partial charge on any atom is -0.454 e. The van der Waals surface area contributed by atoms with Crippen LogP contribution < -0.4 is 9.64 Å². The van der Waals surface area contributed by atoms with Crippen LogP contribution >= 0.6 is 0 Å². The van der Waals surface area contributed by atoms with Crippen LogP contribution in [0.3, 0.4) is 0 Å². The zero-order chi connectivity index (χ0) is 24.2. The van der Waals surface area contributed by atoms with Gasteiger partial charge in [-0.1, -0.05) is 69.3 Å². The van der Waals surface area contributed by atoms with Crippen molar-refractivity contribution in [3.63, 3.8) is 0 Å². The summed E-state index contributed by atoms with van der Waals surface area (Å²) in [5, 5.41) is 0. The van der Waals surface area contributed by atoms with Crippen molar-refractivity contribution >= 4 is 21.7 Å². The van der Waals surface area contributed by atoms with Gasteiger partial charge in [0.2, 0.25) is 5.91 Å². The van der Waals surface area contributed by atoms with E-state index < -0.39 is 10.1 Å². The molecule has 6 nitrogen and oxygen atoms in total. The Kier molecular flexibility index (Phi) is 7.25. The van der Waals surface area contributed by atoms with Gasteiger partial charge < -0.3 is 9.64 Å². The molecule has 7 heteroatoms. The number of carbonyl (C=O) groups is 1. The average molecular weight is 468 g/mol. The maximum absolute atomic E-state index is 12.5. The Morgan fingerprint density at radius 2 is 1.61 bits per heavy atom. The van der Waals surface area contributed by atoms with Gasteiger partial charge in [0.05, 0.1) is 12.2 Å². The predicted molar refractivity (Wildman–Crippen MR) is 129 cm³/mol. The quantitative estimate of drug-likeness (QED) is 0.413. The molecule has 0 saturated heterocycles. The van der Waals surface area contributed by atoms with Crippen molar-refractivity contribution in [2.45, 2.75) is 51.0 Å². The van der Waals surface area contributed by atoms with Gasteiger partial charge in [0, 0.05) is 6.92 Å². The van der Waals surface area contributed by atoms with Crippen LogP contribution in [-0.2, 0) is 26.9 Å². The van der Waals surface area contributed by atoms with Crippen LogP contribution in [0.1, 0.15) is 45.2 Å². The van der Waals surface area contributed by atoms with Gasteiger partial charge in [-0.2, -0.15) is 8.42 Å². The fourth-order valence-corrected chi connectivity index (χ4v) is 4.08. The van der Waals surface area contributed by atoms with Crippen LogP contribution in [0.4, 0.5) is 5.69 Å². The molecule has 0 bridgehead atoms. The molecule has 3 aromatic rings. The number of amides is 1. The van der Waals surface area contributed by atoms with Crippen LogP contribution in [0.5, 0.6) is 11.5 Å². The highest BCUT2D eigenvalue weighted by Gasteiger charge is 2.25. The third-order valence-corrected chi connectivity index (χ3v) is 6.70. The monoisotopic (exact) mass is 467 g/mol. The predicted octanol–water partition coefficient (Wildman–Crippen LogP) is 5.97. The number of hydrogen-bond acceptors (Lipinski definition) is 4. The van der Waals surface area contributed by atoms with Crippen molar-refractivity contribution in [3.05, 3.63) is 83.9 Å². The molecule has 0 spiro atoms. The molecule has 0 atom stereocenters. The Bertz CT molecular complexity index is 1240. The Morgan fingerprint density at radius 1 is 0.970 bits per heavy atom. The molecule has 0 aliphatic heterocycles. The van der Waals surface area contributed by atoms with Gasteiger partial charge in [-0.15, -0.1) is 0 Å². The summed E-state index contributed by atoms with van der Waals surface area (Å²) in [5.74, 6) is 0.102. The van der Waals surface area contributed by atoms with E-state index >= 15 is 0 Å². The number of benzene rings is 3. The van der Waals surface area contributed by atoms with E-state index in [1.54, 1.807) is 41.3 Å². The SMILES string of the molecule is CCC(C)(C)c1ccc(Oc2ccccc2N(Cc2ccccc2)C(C)=O)c(S(=O)(=O)O)c1. The van der Waals surface area contributed by atoms with E-state index in [4.69, 9.17) is 4.74 Å². The zero-order valence-electron chi connectivity index (χ0n) is 19.3. The van der Waals surface area contributed by atoms with Crippen molar-refractivity contribution in [2.24, 2.45) is 0 Å². The van der Waals surface area contributed by atoms with E-state index in [0.29, 0.717) is 18.0 Å². The highest BCUT2D eigenvalue weighted by Crippen LogP contribution is 2.38. The molecule has 3 rings (SSSR count). The first-order chi connectivity index (χ1) is 15.5. The van der Waals surface area contributed by atoms with Gasteiger partial charge in [0.15, 0.2) is 5.75 Å². The number of rotatable bonds is 8. The highest BCUT2D eigenvalue weighted by molar-refractivity contribution is 7.86. The number of nitrogens with zero attached hydrogens (tertiary/aromatic N) is 1. The van der Waals surface area contributed by atoms with Crippen LogP contribution in [-0.4, -0.2) is 18.9 Å². The second kappa shape index (κ2) is 9.77. The van der Waals surface area contributed by atoms with Crippen molar-refractivity contribution in [2.75, 3.05) is 4.90 Å². The third-order valence-electron chi connectivity index (χ3n) is 5.83. The number of anilines is 1. The molecule has 174 valence electrons. The van der Waals surface area contributed by atoms with Crippen LogP contribution in [0.15, 0.2) is 77.7 Å². The topological polar surface area (TPSA) is 83.9 Å². The molecule has 0 unspecified atom stereocenters. The van der Waals surface area contributed by atoms with Crippen molar-refractivity contribution in [3.8, 4) is 11.5 Å². The normalized spacial score (nSPS) is 11.8. The standard InChI is InChI=1S/C26H29NO5S/c1-5-26(3,4)21-15-16-24(25(17-21)33(29,30)31)32-23-14-10-9-13-22(23)27(19(2)28)18-20-11-7-6-8-12-20/h6-17H,5,18H2,1-4H3,(H,29,30,31). The Labute approximate surface area is 195 Å². The summed E-state index contributed by atoms with van der Waals surface area (Å²) in [6.07, 6.45) is 0.786. The summed E-state index contributed by atoms with van der Waals surface area (Å²) < 4.78 is 40.3. The molecule has 0 aromatic heterocycles. The molecule has 1 N–H and O–H groups in total. The van der Waals surface area contributed by atoms with Gasteiger partial charge in [-0.25, -0.2) is 0 Å². The molecule has 0 aliphatic rings. The molecule has 0 radical (unpaired) electrons. The number of carbonyl (C=O) groups excluding carboxylic acids is 1. The Morgan fingerprint density at radius 3 is 2.21 bits per heavy atom. The minimum atomic E-state index is -4.55. The fraction of sp³-hybridized carbons (Fsp3) is 0.269. The van der Waals surface area contributed by atoms with Gasteiger partial charge in [0.25, 0.3) is 10.1 Å². The van der Waals surface area contributed by atoms with Crippen LogP contribution in [0, 0.1) is 0 Å². The van der Waals surface area contributed by atoms with Crippen molar-refractivity contribution < 1.29 is 22.5 Å². The first-order valence-electron chi connectivity index (χ1n) is 10.7. The fourth-order valence-electron chi connectivity index (χ4n) is 3.44. The third kappa shape index (κ3) is 5.80. The molecule has 0 saturated carbocycles. The molecule has 1 amide bonds. The maximum atomic E-state index is 12.5. The average Bonchev–Trinajstić information content (AvgIpc) is 2.78. The van der Waals surface area contributed by atoms with Gasteiger partial charge in [-0.3, -0.25) is 9.35 Å². The van der Waals surface area contributed by atoms with E-state index in [-0.39, 0.29) is 22.0 Å². The molecular formula is C26H29NO5S. The summed E-state index contributed by atoms with van der Waals surface area (Å²) in [7, 11) is -4.55. The van der Waals surface area contributed by atoms with Gasteiger partial charge in [-0.05, 0) is 47.2 Å². The molecule has 33 heavy (non-hydrogen) atoms. The van der Waals surface area contributed by atoms with E-state index in [9.17, 15) is 17.8 Å². The molecule has 0 fully saturated rings. The van der Waals surface area contributed by atoms with Gasteiger partial charge >= 0.3 is 0 Å². The number of hydrogen-bond donors (Lipinski definition) is 1. The molecule has 0 heterocycles. The van der Waals surface area contributed by atoms with E-state index in [0.717, 1.165) is 17.5 Å².